The maximum Gasteiger partial charge on any atom is 0.123 e. The summed E-state index contributed by atoms with van der Waals surface area (Å²) in [6.07, 6.45) is 3.29. The Balaban J connectivity index is 2.25. The average Bonchev–Trinajstić information content (AvgIpc) is 2.18. The number of hydrogen-bond acceptors (Lipinski definition) is 1. The second-order valence-corrected chi connectivity index (χ2v) is 4.02. The summed E-state index contributed by atoms with van der Waals surface area (Å²) >= 11 is 0. The van der Waals surface area contributed by atoms with Crippen molar-refractivity contribution in [2.75, 3.05) is 6.54 Å². The highest BCUT2D eigenvalue weighted by molar-refractivity contribution is 5.16. The molecule has 0 heterocycles. The van der Waals surface area contributed by atoms with E-state index in [0.717, 1.165) is 18.5 Å². The fraction of sp³-hybridized carbons (Fsp3) is 0.538. The van der Waals surface area contributed by atoms with Crippen LogP contribution in [0.5, 0.6) is 0 Å². The molecule has 0 fully saturated rings. The summed E-state index contributed by atoms with van der Waals surface area (Å²) in [5, 5.41) is 3.43. The molecule has 0 amide bonds. The number of halogens is 1. The third-order valence-corrected chi connectivity index (χ3v) is 2.52. The Kier molecular flexibility index (Phi) is 5.33. The van der Waals surface area contributed by atoms with E-state index in [-0.39, 0.29) is 5.82 Å². The fourth-order valence-corrected chi connectivity index (χ4v) is 1.69. The molecule has 1 aromatic rings. The van der Waals surface area contributed by atoms with Crippen molar-refractivity contribution in [2.45, 2.75) is 39.2 Å². The zero-order chi connectivity index (χ0) is 11.1. The minimum Gasteiger partial charge on any atom is -0.314 e. The normalized spacial score (nSPS) is 12.7. The van der Waals surface area contributed by atoms with E-state index in [2.05, 4.69) is 19.2 Å². The van der Waals surface area contributed by atoms with Crippen LogP contribution in [0.2, 0.25) is 0 Å². The molecule has 0 aliphatic carbocycles. The van der Waals surface area contributed by atoms with Crippen LogP contribution in [0.15, 0.2) is 24.3 Å². The molecule has 0 radical (unpaired) electrons. The van der Waals surface area contributed by atoms with Crippen molar-refractivity contribution in [3.8, 4) is 0 Å². The van der Waals surface area contributed by atoms with Crippen LogP contribution in [0.1, 0.15) is 32.3 Å². The first-order valence-electron chi connectivity index (χ1n) is 5.70. The van der Waals surface area contributed by atoms with Crippen LogP contribution in [-0.4, -0.2) is 12.6 Å². The highest BCUT2D eigenvalue weighted by Crippen LogP contribution is 2.04. The van der Waals surface area contributed by atoms with E-state index >= 15 is 0 Å². The maximum atomic E-state index is 12.9. The van der Waals surface area contributed by atoms with Crippen LogP contribution >= 0.6 is 0 Å². The quantitative estimate of drug-likeness (QED) is 0.759. The SMILES string of the molecule is CCC[C@@H](C)NCCc1cccc(F)c1. The molecule has 0 spiro atoms. The number of hydrogen-bond donors (Lipinski definition) is 1. The van der Waals surface area contributed by atoms with Gasteiger partial charge in [0.25, 0.3) is 0 Å². The Morgan fingerprint density at radius 3 is 2.87 bits per heavy atom. The van der Waals surface area contributed by atoms with Crippen molar-refractivity contribution < 1.29 is 4.39 Å². The van der Waals surface area contributed by atoms with E-state index < -0.39 is 0 Å². The molecule has 0 aromatic heterocycles. The van der Waals surface area contributed by atoms with E-state index in [0.29, 0.717) is 6.04 Å². The van der Waals surface area contributed by atoms with E-state index in [4.69, 9.17) is 0 Å². The molecule has 0 unspecified atom stereocenters. The van der Waals surface area contributed by atoms with Crippen LogP contribution in [0, 0.1) is 5.82 Å². The minimum atomic E-state index is -0.144. The van der Waals surface area contributed by atoms with Gasteiger partial charge in [0.2, 0.25) is 0 Å². The van der Waals surface area contributed by atoms with Gasteiger partial charge in [-0.2, -0.15) is 0 Å². The molecule has 0 aliphatic heterocycles. The van der Waals surface area contributed by atoms with E-state index in [1.165, 1.54) is 18.9 Å². The van der Waals surface area contributed by atoms with Gasteiger partial charge in [0.05, 0.1) is 0 Å². The van der Waals surface area contributed by atoms with Crippen molar-refractivity contribution in [1.82, 2.24) is 5.32 Å². The monoisotopic (exact) mass is 209 g/mol. The van der Waals surface area contributed by atoms with E-state index in [9.17, 15) is 4.39 Å². The molecule has 1 nitrogen and oxygen atoms in total. The fourth-order valence-electron chi connectivity index (χ4n) is 1.69. The summed E-state index contributed by atoms with van der Waals surface area (Å²) < 4.78 is 12.9. The van der Waals surface area contributed by atoms with Crippen LogP contribution in [0.25, 0.3) is 0 Å². The summed E-state index contributed by atoms with van der Waals surface area (Å²) in [5.74, 6) is -0.144. The molecule has 2 heteroatoms. The first-order chi connectivity index (χ1) is 7.22. The van der Waals surface area contributed by atoms with Gasteiger partial charge in [0, 0.05) is 6.04 Å². The zero-order valence-electron chi connectivity index (χ0n) is 9.59. The van der Waals surface area contributed by atoms with Gasteiger partial charge in [-0.3, -0.25) is 0 Å². The average molecular weight is 209 g/mol. The van der Waals surface area contributed by atoms with Gasteiger partial charge in [-0.15, -0.1) is 0 Å². The molecule has 0 saturated carbocycles. The predicted molar refractivity (Wildman–Crippen MR) is 62.5 cm³/mol. The molecule has 1 atom stereocenters. The largest absolute Gasteiger partial charge is 0.314 e. The smallest absolute Gasteiger partial charge is 0.123 e. The van der Waals surface area contributed by atoms with Gasteiger partial charge < -0.3 is 5.32 Å². The molecule has 0 aliphatic rings. The van der Waals surface area contributed by atoms with E-state index in [1.54, 1.807) is 12.1 Å². The van der Waals surface area contributed by atoms with Gasteiger partial charge in [-0.05, 0) is 44.0 Å². The molecule has 0 bridgehead atoms. The van der Waals surface area contributed by atoms with Gasteiger partial charge in [0.1, 0.15) is 5.82 Å². The summed E-state index contributed by atoms with van der Waals surface area (Å²) in [6, 6.07) is 7.38. The van der Waals surface area contributed by atoms with Crippen molar-refractivity contribution in [1.29, 1.82) is 0 Å². The van der Waals surface area contributed by atoms with Crippen molar-refractivity contribution in [2.24, 2.45) is 0 Å². The molecule has 1 rings (SSSR count). The van der Waals surface area contributed by atoms with Gasteiger partial charge in [-0.1, -0.05) is 25.5 Å². The van der Waals surface area contributed by atoms with Crippen LogP contribution in [0.3, 0.4) is 0 Å². The number of benzene rings is 1. The maximum absolute atomic E-state index is 12.9. The van der Waals surface area contributed by atoms with Gasteiger partial charge in [-0.25, -0.2) is 4.39 Å². The molecule has 1 N–H and O–H groups in total. The van der Waals surface area contributed by atoms with Crippen LogP contribution in [0.4, 0.5) is 4.39 Å². The third-order valence-electron chi connectivity index (χ3n) is 2.52. The van der Waals surface area contributed by atoms with Crippen LogP contribution in [-0.2, 0) is 6.42 Å². The Morgan fingerprint density at radius 1 is 1.40 bits per heavy atom. The lowest BCUT2D eigenvalue weighted by molar-refractivity contribution is 0.511. The highest BCUT2D eigenvalue weighted by Gasteiger charge is 1.99. The predicted octanol–water partition coefficient (Wildman–Crippen LogP) is 3.15. The second kappa shape index (κ2) is 6.57. The Hall–Kier alpha value is -0.890. The summed E-state index contributed by atoms with van der Waals surface area (Å²) in [4.78, 5) is 0. The molecule has 84 valence electrons. The molecular weight excluding hydrogens is 189 g/mol. The van der Waals surface area contributed by atoms with Crippen molar-refractivity contribution in [3.63, 3.8) is 0 Å². The summed E-state index contributed by atoms with van der Waals surface area (Å²) in [6.45, 7) is 5.30. The lowest BCUT2D eigenvalue weighted by Gasteiger charge is -2.12. The lowest BCUT2D eigenvalue weighted by Crippen LogP contribution is -2.27. The Labute approximate surface area is 91.7 Å². The first-order valence-corrected chi connectivity index (χ1v) is 5.70. The molecular formula is C13H20FN. The Bertz CT molecular complexity index is 286. The van der Waals surface area contributed by atoms with E-state index in [1.807, 2.05) is 6.07 Å². The van der Waals surface area contributed by atoms with Crippen LogP contribution < -0.4 is 5.32 Å². The zero-order valence-corrected chi connectivity index (χ0v) is 9.59. The molecule has 1 aromatic carbocycles. The Morgan fingerprint density at radius 2 is 2.20 bits per heavy atom. The summed E-state index contributed by atoms with van der Waals surface area (Å²) in [5.41, 5.74) is 1.06. The lowest BCUT2D eigenvalue weighted by atomic mass is 10.1. The number of rotatable bonds is 6. The van der Waals surface area contributed by atoms with Gasteiger partial charge >= 0.3 is 0 Å². The van der Waals surface area contributed by atoms with Crippen molar-refractivity contribution >= 4 is 0 Å². The first kappa shape index (κ1) is 12.2. The number of nitrogens with one attached hydrogen (secondary N) is 1. The molecule has 0 saturated heterocycles. The molecule has 15 heavy (non-hydrogen) atoms. The minimum absolute atomic E-state index is 0.144. The standard InChI is InChI=1S/C13H20FN/c1-3-5-11(2)15-9-8-12-6-4-7-13(14)10-12/h4,6-7,10-11,15H,3,5,8-9H2,1-2H3/t11-/m1/s1. The third kappa shape index (κ3) is 4.93. The summed E-state index contributed by atoms with van der Waals surface area (Å²) in [7, 11) is 0. The highest BCUT2D eigenvalue weighted by atomic mass is 19.1. The van der Waals surface area contributed by atoms with Crippen molar-refractivity contribution in [3.05, 3.63) is 35.6 Å². The topological polar surface area (TPSA) is 12.0 Å². The van der Waals surface area contributed by atoms with Gasteiger partial charge in [0.15, 0.2) is 0 Å². The second-order valence-electron chi connectivity index (χ2n) is 4.02.